The van der Waals surface area contributed by atoms with Crippen LogP contribution >= 0.6 is 0 Å². The summed E-state index contributed by atoms with van der Waals surface area (Å²) in [5.74, 6) is 0. The molecule has 1 heterocycles. The second kappa shape index (κ2) is 9.29. The number of aliphatic hydroxyl groups is 1. The van der Waals surface area contributed by atoms with Crippen LogP contribution in [0.2, 0.25) is 0 Å². The van der Waals surface area contributed by atoms with Crippen LogP contribution in [0.1, 0.15) is 43.7 Å². The lowest BCUT2D eigenvalue weighted by molar-refractivity contribution is 0.0581. The van der Waals surface area contributed by atoms with Crippen LogP contribution in [0.5, 0.6) is 0 Å². The van der Waals surface area contributed by atoms with E-state index in [1.165, 1.54) is 0 Å². The van der Waals surface area contributed by atoms with Crippen LogP contribution in [0, 0.1) is 0 Å². The molecular weight excluding hydrogens is 403 g/mol. The van der Waals surface area contributed by atoms with Crippen molar-refractivity contribution in [2.75, 3.05) is 13.2 Å². The number of halogens is 1. The van der Waals surface area contributed by atoms with E-state index in [1.54, 1.807) is 17.9 Å². The Bertz CT molecular complexity index is 991. The molecule has 0 spiro atoms. The molecular formula is C27H31FN2O2. The second-order valence-electron chi connectivity index (χ2n) is 8.81. The number of rotatable bonds is 7. The summed E-state index contributed by atoms with van der Waals surface area (Å²) < 4.78 is 15.9. The van der Waals surface area contributed by atoms with E-state index in [1.807, 2.05) is 72.8 Å². The molecule has 5 heteroatoms. The number of benzene rings is 2. The third-order valence-electron chi connectivity index (χ3n) is 6.92. The maximum Gasteiger partial charge on any atom is 0.318 e. The van der Waals surface area contributed by atoms with Gasteiger partial charge in [0.1, 0.15) is 0 Å². The van der Waals surface area contributed by atoms with Crippen LogP contribution in [0.15, 0.2) is 78.9 Å². The number of hydrogen-bond acceptors (Lipinski definition) is 2. The Morgan fingerprint density at radius 3 is 2.41 bits per heavy atom. The summed E-state index contributed by atoms with van der Waals surface area (Å²) in [5.41, 5.74) is 0.931. The minimum Gasteiger partial charge on any atom is -0.396 e. The lowest BCUT2D eigenvalue weighted by Crippen LogP contribution is -2.63. The van der Waals surface area contributed by atoms with Crippen molar-refractivity contribution in [2.45, 2.75) is 49.9 Å². The number of nitrogens with one attached hydrogen (secondary N) is 1. The zero-order valence-corrected chi connectivity index (χ0v) is 18.5. The summed E-state index contributed by atoms with van der Waals surface area (Å²) in [6.45, 7) is 2.32. The van der Waals surface area contributed by atoms with Gasteiger partial charge >= 0.3 is 6.03 Å². The third kappa shape index (κ3) is 4.35. The summed E-state index contributed by atoms with van der Waals surface area (Å²) in [5, 5.41) is 12.6. The lowest BCUT2D eigenvalue weighted by Gasteiger charge is -2.47. The Labute approximate surface area is 189 Å². The molecule has 2 amide bonds. The van der Waals surface area contributed by atoms with Gasteiger partial charge < -0.3 is 15.3 Å². The monoisotopic (exact) mass is 434 g/mol. The second-order valence-corrected chi connectivity index (χ2v) is 8.81. The fraction of sp³-hybridized carbons (Fsp3) is 0.370. The quantitative estimate of drug-likeness (QED) is 0.629. The van der Waals surface area contributed by atoms with E-state index < -0.39 is 17.2 Å². The molecule has 3 unspecified atom stereocenters. The van der Waals surface area contributed by atoms with Gasteiger partial charge in [-0.1, -0.05) is 72.8 Å². The van der Waals surface area contributed by atoms with Gasteiger partial charge in [-0.05, 0) is 49.0 Å². The summed E-state index contributed by atoms with van der Waals surface area (Å²) in [6, 6.07) is 18.9. The Morgan fingerprint density at radius 1 is 1.12 bits per heavy atom. The zero-order valence-electron chi connectivity index (χ0n) is 18.5. The van der Waals surface area contributed by atoms with Crippen LogP contribution in [-0.2, 0) is 5.54 Å². The molecule has 1 fully saturated rings. The number of aliphatic hydroxyl groups excluding tert-OH is 1. The van der Waals surface area contributed by atoms with Gasteiger partial charge in [0.05, 0.1) is 11.6 Å². The van der Waals surface area contributed by atoms with Crippen LogP contribution in [0.4, 0.5) is 9.18 Å². The predicted octanol–water partition coefficient (Wildman–Crippen LogP) is 5.21. The Balaban J connectivity index is 1.49. The van der Waals surface area contributed by atoms with Crippen molar-refractivity contribution in [2.24, 2.45) is 0 Å². The van der Waals surface area contributed by atoms with Crippen molar-refractivity contribution in [3.63, 3.8) is 0 Å². The smallest absolute Gasteiger partial charge is 0.318 e. The predicted molar refractivity (Wildman–Crippen MR) is 126 cm³/mol. The van der Waals surface area contributed by atoms with E-state index >= 15 is 4.39 Å². The van der Waals surface area contributed by atoms with Gasteiger partial charge in [-0.15, -0.1) is 0 Å². The first-order chi connectivity index (χ1) is 15.5. The molecule has 0 bridgehead atoms. The van der Waals surface area contributed by atoms with Crippen LogP contribution in [-0.4, -0.2) is 40.9 Å². The Hall–Kier alpha value is -2.92. The number of allylic oxidation sites excluding steroid dienone is 3. The summed E-state index contributed by atoms with van der Waals surface area (Å²) in [6.07, 6.45) is 7.48. The Kier molecular flexibility index (Phi) is 6.47. The van der Waals surface area contributed by atoms with Gasteiger partial charge in [0.15, 0.2) is 5.67 Å². The minimum atomic E-state index is -1.62. The molecule has 3 atom stereocenters. The SMILES string of the molecule is CC(N1CCC(CCCO)(c2ccccc2)NC1=O)C1(F)C=CC(c2ccccc2)=CC1. The highest BCUT2D eigenvalue weighted by molar-refractivity contribution is 5.78. The van der Waals surface area contributed by atoms with Gasteiger partial charge in [0, 0.05) is 19.6 Å². The number of nitrogens with zero attached hydrogens (tertiary/aromatic N) is 1. The van der Waals surface area contributed by atoms with Crippen LogP contribution < -0.4 is 5.32 Å². The highest BCUT2D eigenvalue weighted by Crippen LogP contribution is 2.38. The van der Waals surface area contributed by atoms with E-state index in [9.17, 15) is 9.90 Å². The normalized spacial score (nSPS) is 26.4. The van der Waals surface area contributed by atoms with Crippen molar-refractivity contribution in [1.82, 2.24) is 10.2 Å². The van der Waals surface area contributed by atoms with E-state index in [0.717, 1.165) is 16.7 Å². The molecule has 1 aliphatic carbocycles. The molecule has 0 radical (unpaired) electrons. The topological polar surface area (TPSA) is 52.6 Å². The van der Waals surface area contributed by atoms with Crippen molar-refractivity contribution in [1.29, 1.82) is 0 Å². The van der Waals surface area contributed by atoms with Gasteiger partial charge in [-0.2, -0.15) is 0 Å². The highest BCUT2D eigenvalue weighted by atomic mass is 19.1. The third-order valence-corrected chi connectivity index (χ3v) is 6.92. The largest absolute Gasteiger partial charge is 0.396 e. The first-order valence-corrected chi connectivity index (χ1v) is 11.4. The maximum absolute atomic E-state index is 15.9. The standard InChI is InChI=1S/C27H31FN2O2/c1-21(26(28)16-13-23(14-17-26)22-9-4-2-5-10-22)30-19-18-27(15-8-20-31,29-25(30)32)24-11-6-3-7-12-24/h2-7,9-14,16,21,31H,8,15,17-20H2,1H3,(H,29,32). The van der Waals surface area contributed by atoms with Crippen LogP contribution in [0.3, 0.4) is 0 Å². The average Bonchev–Trinajstić information content (AvgIpc) is 2.84. The molecule has 0 saturated carbocycles. The molecule has 4 nitrogen and oxygen atoms in total. The fourth-order valence-electron chi connectivity index (χ4n) is 4.85. The lowest BCUT2D eigenvalue weighted by atomic mass is 9.80. The maximum atomic E-state index is 15.9. The summed E-state index contributed by atoms with van der Waals surface area (Å²) >= 11 is 0. The molecule has 1 aliphatic heterocycles. The molecule has 1 saturated heterocycles. The minimum absolute atomic E-state index is 0.0685. The average molecular weight is 435 g/mol. The summed E-state index contributed by atoms with van der Waals surface area (Å²) in [4.78, 5) is 14.8. The number of carbonyl (C=O) groups excluding carboxylic acids is 1. The summed E-state index contributed by atoms with van der Waals surface area (Å²) in [7, 11) is 0. The van der Waals surface area contributed by atoms with Crippen molar-refractivity contribution in [3.05, 3.63) is 90.0 Å². The molecule has 4 rings (SSSR count). The number of carbonyl (C=O) groups is 1. The van der Waals surface area contributed by atoms with Gasteiger partial charge in [0.25, 0.3) is 0 Å². The van der Waals surface area contributed by atoms with Crippen molar-refractivity contribution >= 4 is 11.6 Å². The van der Waals surface area contributed by atoms with Crippen molar-refractivity contribution < 1.29 is 14.3 Å². The van der Waals surface area contributed by atoms with Crippen molar-refractivity contribution in [3.8, 4) is 0 Å². The molecule has 2 aliphatic rings. The van der Waals surface area contributed by atoms with E-state index in [2.05, 4.69) is 5.32 Å². The van der Waals surface area contributed by atoms with Gasteiger partial charge in [-0.25, -0.2) is 9.18 Å². The molecule has 0 aromatic heterocycles. The molecule has 2 aromatic rings. The van der Waals surface area contributed by atoms with E-state index in [0.29, 0.717) is 25.8 Å². The van der Waals surface area contributed by atoms with E-state index in [4.69, 9.17) is 0 Å². The molecule has 32 heavy (non-hydrogen) atoms. The number of urea groups is 1. The zero-order chi connectivity index (χ0) is 22.6. The molecule has 2 aromatic carbocycles. The number of alkyl halides is 1. The highest BCUT2D eigenvalue weighted by Gasteiger charge is 2.45. The first kappa shape index (κ1) is 22.3. The number of amides is 2. The number of hydrogen-bond donors (Lipinski definition) is 2. The van der Waals surface area contributed by atoms with E-state index in [-0.39, 0.29) is 19.1 Å². The van der Waals surface area contributed by atoms with Gasteiger partial charge in [0.2, 0.25) is 0 Å². The Morgan fingerprint density at radius 2 is 1.81 bits per heavy atom. The molecule has 2 N–H and O–H groups in total. The molecule has 168 valence electrons. The first-order valence-electron chi connectivity index (χ1n) is 11.4. The fourth-order valence-corrected chi connectivity index (χ4v) is 4.85. The van der Waals surface area contributed by atoms with Crippen LogP contribution in [0.25, 0.3) is 5.57 Å². The van der Waals surface area contributed by atoms with Gasteiger partial charge in [-0.3, -0.25) is 0 Å².